The molecule has 0 aliphatic heterocycles. The van der Waals surface area contributed by atoms with E-state index in [-0.39, 0.29) is 11.9 Å². The molecule has 6 nitrogen and oxygen atoms in total. The molecule has 0 spiro atoms. The van der Waals surface area contributed by atoms with E-state index >= 15 is 0 Å². The fourth-order valence-corrected chi connectivity index (χ4v) is 3.47. The topological polar surface area (TPSA) is 72.7 Å². The van der Waals surface area contributed by atoms with Crippen LogP contribution in [0, 0.1) is 6.92 Å². The number of hydrogen-bond acceptors (Lipinski definition) is 4. The van der Waals surface area contributed by atoms with E-state index in [1.807, 2.05) is 48.3 Å². The van der Waals surface area contributed by atoms with Gasteiger partial charge in [0.05, 0.1) is 24.3 Å². The van der Waals surface area contributed by atoms with Crippen molar-refractivity contribution >= 4 is 16.8 Å². The number of aryl methyl sites for hydroxylation is 3. The smallest absolute Gasteiger partial charge is 0.222 e. The molecule has 1 aliphatic rings. The van der Waals surface area contributed by atoms with Crippen LogP contribution < -0.4 is 5.32 Å². The third kappa shape index (κ3) is 3.24. The third-order valence-corrected chi connectivity index (χ3v) is 4.74. The molecular formula is C19H21N5O. The van der Waals surface area contributed by atoms with Gasteiger partial charge in [0, 0.05) is 29.3 Å². The molecule has 1 N–H and O–H groups in total. The van der Waals surface area contributed by atoms with Crippen molar-refractivity contribution in [3.05, 3.63) is 53.7 Å². The molecule has 25 heavy (non-hydrogen) atoms. The minimum atomic E-state index is 0.0196. The van der Waals surface area contributed by atoms with Crippen molar-refractivity contribution in [1.82, 2.24) is 25.1 Å². The van der Waals surface area contributed by atoms with Gasteiger partial charge in [-0.3, -0.25) is 9.48 Å². The molecule has 0 unspecified atom stereocenters. The number of hydrogen-bond donors (Lipinski definition) is 1. The van der Waals surface area contributed by atoms with Crippen molar-refractivity contribution in [3.63, 3.8) is 0 Å². The molecular weight excluding hydrogens is 314 g/mol. The van der Waals surface area contributed by atoms with Gasteiger partial charge in [-0.25, -0.2) is 9.97 Å². The number of carbonyl (C=O) groups excluding carboxylic acids is 1. The fraction of sp³-hybridized carbons (Fsp3) is 0.368. The predicted octanol–water partition coefficient (Wildman–Crippen LogP) is 2.72. The van der Waals surface area contributed by atoms with Crippen LogP contribution in [0.5, 0.6) is 0 Å². The number of aromatic nitrogens is 4. The second-order valence-electron chi connectivity index (χ2n) is 6.51. The Balaban J connectivity index is 1.42. The van der Waals surface area contributed by atoms with Gasteiger partial charge in [-0.1, -0.05) is 18.2 Å². The Labute approximate surface area is 146 Å². The minimum absolute atomic E-state index is 0.0196. The number of benzene rings is 1. The summed E-state index contributed by atoms with van der Waals surface area (Å²) in [6.07, 6.45) is 7.05. The second kappa shape index (κ2) is 6.63. The van der Waals surface area contributed by atoms with E-state index in [2.05, 4.69) is 20.4 Å². The van der Waals surface area contributed by atoms with Gasteiger partial charge in [-0.2, -0.15) is 5.10 Å². The van der Waals surface area contributed by atoms with Crippen molar-refractivity contribution in [2.75, 3.05) is 0 Å². The first-order chi connectivity index (χ1) is 12.2. The maximum absolute atomic E-state index is 12.4. The molecule has 0 saturated carbocycles. The van der Waals surface area contributed by atoms with Gasteiger partial charge in [0.2, 0.25) is 5.91 Å². The van der Waals surface area contributed by atoms with Gasteiger partial charge in [0.1, 0.15) is 5.82 Å². The maximum atomic E-state index is 12.4. The highest BCUT2D eigenvalue weighted by Crippen LogP contribution is 2.28. The summed E-state index contributed by atoms with van der Waals surface area (Å²) in [5.74, 6) is 0.828. The van der Waals surface area contributed by atoms with E-state index in [1.54, 1.807) is 0 Å². The molecule has 0 radical (unpaired) electrons. The van der Waals surface area contributed by atoms with Crippen molar-refractivity contribution in [1.29, 1.82) is 0 Å². The molecule has 1 amide bonds. The number of nitrogens with zero attached hydrogens (tertiary/aromatic N) is 4. The molecule has 4 rings (SSSR count). The van der Waals surface area contributed by atoms with Gasteiger partial charge in [0.15, 0.2) is 0 Å². The minimum Gasteiger partial charge on any atom is -0.349 e. The Hall–Kier alpha value is -2.76. The van der Waals surface area contributed by atoms with Crippen molar-refractivity contribution in [2.24, 2.45) is 0 Å². The van der Waals surface area contributed by atoms with Crippen LogP contribution in [0.3, 0.4) is 0 Å². The summed E-state index contributed by atoms with van der Waals surface area (Å²) in [4.78, 5) is 21.2. The number of carbonyl (C=O) groups is 1. The highest BCUT2D eigenvalue weighted by molar-refractivity contribution is 5.79. The molecule has 0 saturated heterocycles. The number of amides is 1. The first-order valence-corrected chi connectivity index (χ1v) is 8.73. The quantitative estimate of drug-likeness (QED) is 0.796. The van der Waals surface area contributed by atoms with E-state index in [1.165, 1.54) is 0 Å². The first kappa shape index (κ1) is 15.7. The molecule has 0 bridgehead atoms. The molecule has 1 aliphatic carbocycles. The normalized spacial score (nSPS) is 16.6. The lowest BCUT2D eigenvalue weighted by Crippen LogP contribution is -2.32. The van der Waals surface area contributed by atoms with E-state index in [9.17, 15) is 4.79 Å². The maximum Gasteiger partial charge on any atom is 0.222 e. The summed E-state index contributed by atoms with van der Waals surface area (Å²) in [5, 5.41) is 8.62. The van der Waals surface area contributed by atoms with Crippen LogP contribution in [0.25, 0.3) is 10.9 Å². The lowest BCUT2D eigenvalue weighted by Gasteiger charge is -2.25. The highest BCUT2D eigenvalue weighted by Gasteiger charge is 2.23. The predicted molar refractivity (Wildman–Crippen MR) is 94.9 cm³/mol. The van der Waals surface area contributed by atoms with Crippen molar-refractivity contribution < 1.29 is 4.79 Å². The summed E-state index contributed by atoms with van der Waals surface area (Å²) in [6, 6.07) is 8.05. The standard InChI is InChI=1S/C19H21N5O/c1-13-20-12-15-16(22-13)6-4-7-17(15)23-19(25)9-10-24-18-8-3-2-5-14(18)11-21-24/h2-3,5,8,11-12,17H,4,6-7,9-10H2,1H3,(H,23,25)/t17-/m0/s1. The molecule has 3 aromatic rings. The van der Waals surface area contributed by atoms with Crippen LogP contribution in [-0.4, -0.2) is 25.7 Å². The SMILES string of the molecule is Cc1ncc2c(n1)CCC[C@@H]2NC(=O)CCn1ncc2ccccc21. The fourth-order valence-electron chi connectivity index (χ4n) is 3.47. The molecule has 6 heteroatoms. The molecule has 0 fully saturated rings. The van der Waals surface area contributed by atoms with E-state index < -0.39 is 0 Å². The number of para-hydroxylation sites is 1. The van der Waals surface area contributed by atoms with Gasteiger partial charge in [0.25, 0.3) is 0 Å². The van der Waals surface area contributed by atoms with Crippen molar-refractivity contribution in [3.8, 4) is 0 Å². The van der Waals surface area contributed by atoms with Gasteiger partial charge in [-0.05, 0) is 32.3 Å². The number of nitrogens with one attached hydrogen (secondary N) is 1. The van der Waals surface area contributed by atoms with Gasteiger partial charge in [-0.15, -0.1) is 0 Å². The van der Waals surface area contributed by atoms with Gasteiger partial charge < -0.3 is 5.32 Å². The average molecular weight is 335 g/mol. The molecule has 128 valence electrons. The van der Waals surface area contributed by atoms with Crippen LogP contribution in [0.15, 0.2) is 36.7 Å². The lowest BCUT2D eigenvalue weighted by atomic mass is 9.92. The summed E-state index contributed by atoms with van der Waals surface area (Å²) < 4.78 is 1.89. The summed E-state index contributed by atoms with van der Waals surface area (Å²) in [5.41, 5.74) is 3.19. The third-order valence-electron chi connectivity index (χ3n) is 4.74. The monoisotopic (exact) mass is 335 g/mol. The molecule has 1 aromatic carbocycles. The van der Waals surface area contributed by atoms with E-state index in [4.69, 9.17) is 0 Å². The number of fused-ring (bicyclic) bond motifs is 2. The van der Waals surface area contributed by atoms with E-state index in [0.717, 1.165) is 47.2 Å². The Kier molecular flexibility index (Phi) is 4.17. The Morgan fingerprint density at radius 1 is 1.32 bits per heavy atom. The van der Waals surface area contributed by atoms with Crippen LogP contribution in [0.2, 0.25) is 0 Å². The second-order valence-corrected chi connectivity index (χ2v) is 6.51. The molecule has 1 atom stereocenters. The highest BCUT2D eigenvalue weighted by atomic mass is 16.1. The zero-order chi connectivity index (χ0) is 17.2. The first-order valence-electron chi connectivity index (χ1n) is 8.73. The Bertz CT molecular complexity index is 917. The zero-order valence-electron chi connectivity index (χ0n) is 14.3. The van der Waals surface area contributed by atoms with Crippen LogP contribution >= 0.6 is 0 Å². The molecule has 2 aromatic heterocycles. The largest absolute Gasteiger partial charge is 0.349 e. The van der Waals surface area contributed by atoms with Crippen LogP contribution in [0.1, 0.15) is 42.4 Å². The average Bonchev–Trinajstić information content (AvgIpc) is 3.03. The lowest BCUT2D eigenvalue weighted by molar-refractivity contribution is -0.122. The van der Waals surface area contributed by atoms with Crippen LogP contribution in [0.4, 0.5) is 0 Å². The zero-order valence-corrected chi connectivity index (χ0v) is 14.3. The van der Waals surface area contributed by atoms with E-state index in [0.29, 0.717) is 13.0 Å². The van der Waals surface area contributed by atoms with Gasteiger partial charge >= 0.3 is 0 Å². The number of rotatable bonds is 4. The Morgan fingerprint density at radius 2 is 2.20 bits per heavy atom. The summed E-state index contributed by atoms with van der Waals surface area (Å²) in [7, 11) is 0. The molecule has 2 heterocycles. The summed E-state index contributed by atoms with van der Waals surface area (Å²) >= 11 is 0. The van der Waals surface area contributed by atoms with Crippen LogP contribution in [-0.2, 0) is 17.8 Å². The van der Waals surface area contributed by atoms with Crippen molar-refractivity contribution in [2.45, 2.75) is 45.2 Å². The Morgan fingerprint density at radius 3 is 3.12 bits per heavy atom. The summed E-state index contributed by atoms with van der Waals surface area (Å²) in [6.45, 7) is 2.47.